The number of amides is 1. The van der Waals surface area contributed by atoms with Crippen molar-refractivity contribution in [2.45, 2.75) is 18.7 Å². The van der Waals surface area contributed by atoms with Crippen LogP contribution in [0.25, 0.3) is 0 Å². The van der Waals surface area contributed by atoms with E-state index in [0.717, 1.165) is 23.0 Å². The van der Waals surface area contributed by atoms with Gasteiger partial charge in [0, 0.05) is 16.3 Å². The highest BCUT2D eigenvalue weighted by Crippen LogP contribution is 2.23. The van der Waals surface area contributed by atoms with Gasteiger partial charge in [0.1, 0.15) is 5.82 Å². The molecule has 0 aliphatic heterocycles. The van der Waals surface area contributed by atoms with E-state index in [1.54, 1.807) is 12.1 Å². The number of rotatable bonds is 4. The highest BCUT2D eigenvalue weighted by Gasteiger charge is 2.08. The molecule has 0 radical (unpaired) electrons. The number of carbonyl (C=O) groups is 1. The number of nitrogen functional groups attached to an aromatic ring is 1. The second-order valence-corrected chi connectivity index (χ2v) is 5.84. The van der Waals surface area contributed by atoms with Crippen molar-refractivity contribution in [3.05, 3.63) is 53.3 Å². The highest BCUT2D eigenvalue weighted by atomic mass is 32.2. The summed E-state index contributed by atoms with van der Waals surface area (Å²) >= 11 is 1.15. The average Bonchev–Trinajstić information content (AvgIpc) is 2.42. The molecular weight excluding hydrogens is 287 g/mol. The number of hydrogen-bond acceptors (Lipinski definition) is 3. The molecule has 0 spiro atoms. The minimum atomic E-state index is -0.404. The molecule has 0 aliphatic carbocycles. The average molecular weight is 304 g/mol. The van der Waals surface area contributed by atoms with E-state index in [4.69, 9.17) is 5.73 Å². The Morgan fingerprint density at radius 3 is 2.62 bits per heavy atom. The Hall–Kier alpha value is -2.01. The summed E-state index contributed by atoms with van der Waals surface area (Å²) in [6.45, 7) is 4.00. The SMILES string of the molecule is Cc1ccc(NC(=O)CSc2ccc(N)cc2F)cc1C. The van der Waals surface area contributed by atoms with E-state index >= 15 is 0 Å². The molecule has 0 heterocycles. The van der Waals surface area contributed by atoms with Crippen molar-refractivity contribution in [3.63, 3.8) is 0 Å². The van der Waals surface area contributed by atoms with Gasteiger partial charge in [0.05, 0.1) is 5.75 Å². The molecule has 0 saturated carbocycles. The minimum Gasteiger partial charge on any atom is -0.399 e. The zero-order chi connectivity index (χ0) is 15.4. The fourth-order valence-corrected chi connectivity index (χ4v) is 2.51. The third-order valence-electron chi connectivity index (χ3n) is 3.11. The predicted molar refractivity (Wildman–Crippen MR) is 86.1 cm³/mol. The summed E-state index contributed by atoms with van der Waals surface area (Å²) in [7, 11) is 0. The summed E-state index contributed by atoms with van der Waals surface area (Å²) in [5, 5.41) is 2.80. The van der Waals surface area contributed by atoms with Crippen LogP contribution in [0, 0.1) is 19.7 Å². The van der Waals surface area contributed by atoms with Gasteiger partial charge in [-0.2, -0.15) is 0 Å². The molecule has 2 aromatic carbocycles. The number of aryl methyl sites for hydroxylation is 2. The van der Waals surface area contributed by atoms with Gasteiger partial charge in [0.25, 0.3) is 0 Å². The molecule has 5 heteroatoms. The van der Waals surface area contributed by atoms with Crippen molar-refractivity contribution in [2.75, 3.05) is 16.8 Å². The third-order valence-corrected chi connectivity index (χ3v) is 4.15. The summed E-state index contributed by atoms with van der Waals surface area (Å²) in [4.78, 5) is 12.3. The molecule has 0 aromatic heterocycles. The van der Waals surface area contributed by atoms with E-state index in [1.807, 2.05) is 32.0 Å². The molecule has 1 amide bonds. The number of halogens is 1. The van der Waals surface area contributed by atoms with Gasteiger partial charge in [-0.1, -0.05) is 6.07 Å². The van der Waals surface area contributed by atoms with Crippen LogP contribution < -0.4 is 11.1 Å². The number of benzene rings is 2. The maximum Gasteiger partial charge on any atom is 0.234 e. The maximum absolute atomic E-state index is 13.6. The number of nitrogens with one attached hydrogen (secondary N) is 1. The standard InChI is InChI=1S/C16H17FN2OS/c1-10-3-5-13(7-11(10)2)19-16(20)9-21-15-6-4-12(18)8-14(15)17/h3-8H,9,18H2,1-2H3,(H,19,20). The highest BCUT2D eigenvalue weighted by molar-refractivity contribution is 8.00. The van der Waals surface area contributed by atoms with Crippen LogP contribution in [-0.2, 0) is 4.79 Å². The molecule has 3 nitrogen and oxygen atoms in total. The Labute approximate surface area is 127 Å². The van der Waals surface area contributed by atoms with Crippen LogP contribution in [0.4, 0.5) is 15.8 Å². The molecule has 0 saturated heterocycles. The van der Waals surface area contributed by atoms with Crippen molar-refractivity contribution < 1.29 is 9.18 Å². The monoisotopic (exact) mass is 304 g/mol. The molecule has 3 N–H and O–H groups in total. The predicted octanol–water partition coefficient (Wildman–Crippen LogP) is 3.76. The molecule has 0 atom stereocenters. The molecule has 0 aliphatic rings. The normalized spacial score (nSPS) is 10.4. The van der Waals surface area contributed by atoms with E-state index in [1.165, 1.54) is 11.6 Å². The molecule has 21 heavy (non-hydrogen) atoms. The van der Waals surface area contributed by atoms with Crippen LogP contribution in [0.15, 0.2) is 41.3 Å². The molecule has 2 rings (SSSR count). The van der Waals surface area contributed by atoms with E-state index in [-0.39, 0.29) is 11.7 Å². The van der Waals surface area contributed by atoms with Gasteiger partial charge in [-0.05, 0) is 55.3 Å². The quantitative estimate of drug-likeness (QED) is 0.668. The third kappa shape index (κ3) is 4.23. The van der Waals surface area contributed by atoms with Crippen LogP contribution in [0.1, 0.15) is 11.1 Å². The van der Waals surface area contributed by atoms with Gasteiger partial charge in [-0.3, -0.25) is 4.79 Å². The van der Waals surface area contributed by atoms with E-state index in [0.29, 0.717) is 10.6 Å². The first-order valence-corrected chi connectivity index (χ1v) is 7.49. The first-order valence-electron chi connectivity index (χ1n) is 6.50. The number of thioether (sulfide) groups is 1. The van der Waals surface area contributed by atoms with Gasteiger partial charge < -0.3 is 11.1 Å². The first-order chi connectivity index (χ1) is 9.95. The largest absolute Gasteiger partial charge is 0.399 e. The van der Waals surface area contributed by atoms with Crippen LogP contribution in [-0.4, -0.2) is 11.7 Å². The van der Waals surface area contributed by atoms with E-state index in [2.05, 4.69) is 5.32 Å². The second-order valence-electron chi connectivity index (χ2n) is 4.83. The summed E-state index contributed by atoms with van der Waals surface area (Å²) in [6.07, 6.45) is 0. The molecule has 2 aromatic rings. The van der Waals surface area contributed by atoms with Gasteiger partial charge in [-0.25, -0.2) is 4.39 Å². The fourth-order valence-electron chi connectivity index (χ4n) is 1.79. The Morgan fingerprint density at radius 1 is 1.19 bits per heavy atom. The van der Waals surface area contributed by atoms with Crippen molar-refractivity contribution >= 4 is 29.0 Å². The number of nitrogens with two attached hydrogens (primary N) is 1. The Kier molecular flexibility index (Phi) is 4.85. The molecule has 0 bridgehead atoms. The molecule has 0 unspecified atom stereocenters. The topological polar surface area (TPSA) is 55.1 Å². The lowest BCUT2D eigenvalue weighted by Crippen LogP contribution is -2.14. The van der Waals surface area contributed by atoms with E-state index in [9.17, 15) is 9.18 Å². The van der Waals surface area contributed by atoms with Crippen LogP contribution >= 0.6 is 11.8 Å². The summed E-state index contributed by atoms with van der Waals surface area (Å²) in [5.41, 5.74) is 8.89. The zero-order valence-corrected chi connectivity index (χ0v) is 12.8. The van der Waals surface area contributed by atoms with E-state index < -0.39 is 5.82 Å². The second kappa shape index (κ2) is 6.63. The van der Waals surface area contributed by atoms with Gasteiger partial charge in [0.15, 0.2) is 0 Å². The molecule has 0 fully saturated rings. The van der Waals surface area contributed by atoms with Crippen molar-refractivity contribution in [3.8, 4) is 0 Å². The Morgan fingerprint density at radius 2 is 1.95 bits per heavy atom. The maximum atomic E-state index is 13.6. The lowest BCUT2D eigenvalue weighted by atomic mass is 10.1. The smallest absolute Gasteiger partial charge is 0.234 e. The van der Waals surface area contributed by atoms with Crippen LogP contribution in [0.2, 0.25) is 0 Å². The zero-order valence-electron chi connectivity index (χ0n) is 11.9. The Balaban J connectivity index is 1.94. The van der Waals surface area contributed by atoms with Crippen LogP contribution in [0.5, 0.6) is 0 Å². The lowest BCUT2D eigenvalue weighted by molar-refractivity contribution is -0.113. The van der Waals surface area contributed by atoms with Gasteiger partial charge in [-0.15, -0.1) is 11.8 Å². The molecule has 110 valence electrons. The number of hydrogen-bond donors (Lipinski definition) is 2. The lowest BCUT2D eigenvalue weighted by Gasteiger charge is -2.08. The minimum absolute atomic E-state index is 0.147. The van der Waals surface area contributed by atoms with Crippen LogP contribution in [0.3, 0.4) is 0 Å². The van der Waals surface area contributed by atoms with Gasteiger partial charge >= 0.3 is 0 Å². The summed E-state index contributed by atoms with van der Waals surface area (Å²) in [5.74, 6) is -0.424. The first kappa shape index (κ1) is 15.4. The van der Waals surface area contributed by atoms with Crippen molar-refractivity contribution in [2.24, 2.45) is 0 Å². The fraction of sp³-hybridized carbons (Fsp3) is 0.188. The van der Waals surface area contributed by atoms with Gasteiger partial charge in [0.2, 0.25) is 5.91 Å². The van der Waals surface area contributed by atoms with Crippen molar-refractivity contribution in [1.29, 1.82) is 0 Å². The number of carbonyl (C=O) groups excluding carboxylic acids is 1. The Bertz CT molecular complexity index is 673. The van der Waals surface area contributed by atoms with Crippen molar-refractivity contribution in [1.82, 2.24) is 0 Å². The summed E-state index contributed by atoms with van der Waals surface area (Å²) in [6, 6.07) is 10.2. The summed E-state index contributed by atoms with van der Waals surface area (Å²) < 4.78 is 13.6. The molecular formula is C16H17FN2OS. The number of anilines is 2.